The Morgan fingerprint density at radius 1 is 0.627 bits per heavy atom. The van der Waals surface area contributed by atoms with Gasteiger partial charge in [0.15, 0.2) is 6.10 Å². The first-order chi connectivity index (χ1) is 25.1. The molecule has 5 nitrogen and oxygen atoms in total. The van der Waals surface area contributed by atoms with Crippen LogP contribution in [0.15, 0.2) is 121 Å². The molecular formula is C46H48O5. The van der Waals surface area contributed by atoms with Crippen LogP contribution in [0.25, 0.3) is 12.2 Å². The fraction of sp³-hybridized carbons (Fsp3) is 0.283. The Balaban J connectivity index is 1.16. The molecule has 2 unspecified atom stereocenters. The van der Waals surface area contributed by atoms with Gasteiger partial charge in [0.1, 0.15) is 18.5 Å². The average molecular weight is 681 g/mol. The summed E-state index contributed by atoms with van der Waals surface area (Å²) in [6.07, 6.45) is 8.08. The minimum Gasteiger partial charge on any atom is -0.491 e. The SMILES string of the molecule is CCOC(=O)C(Cc1ccc(OCCOC2c3ccc(CCc4ccccc4)cc3C=Cc3c(CCc4ccccc4)cccc32)cc1)OCC. The van der Waals surface area contributed by atoms with Crippen molar-refractivity contribution in [3.8, 4) is 5.75 Å². The van der Waals surface area contributed by atoms with Gasteiger partial charge in [-0.25, -0.2) is 4.79 Å². The summed E-state index contributed by atoms with van der Waals surface area (Å²) in [5.41, 5.74) is 11.1. The van der Waals surface area contributed by atoms with Crippen LogP contribution in [0.4, 0.5) is 0 Å². The van der Waals surface area contributed by atoms with Crippen molar-refractivity contribution in [2.24, 2.45) is 0 Å². The molecule has 2 atom stereocenters. The third-order valence-corrected chi connectivity index (χ3v) is 9.35. The van der Waals surface area contributed by atoms with Crippen LogP contribution in [-0.4, -0.2) is 38.5 Å². The summed E-state index contributed by atoms with van der Waals surface area (Å²) in [4.78, 5) is 12.3. The van der Waals surface area contributed by atoms with Gasteiger partial charge in [-0.3, -0.25) is 0 Å². The Kier molecular flexibility index (Phi) is 12.9. The second-order valence-electron chi connectivity index (χ2n) is 12.8. The Morgan fingerprint density at radius 3 is 2.02 bits per heavy atom. The Morgan fingerprint density at radius 2 is 1.31 bits per heavy atom. The summed E-state index contributed by atoms with van der Waals surface area (Å²) in [6, 6.07) is 42.6. The lowest BCUT2D eigenvalue weighted by atomic mass is 9.91. The fourth-order valence-electron chi connectivity index (χ4n) is 6.73. The van der Waals surface area contributed by atoms with Crippen molar-refractivity contribution in [3.63, 3.8) is 0 Å². The van der Waals surface area contributed by atoms with Crippen LogP contribution in [0.5, 0.6) is 5.75 Å². The van der Waals surface area contributed by atoms with Crippen LogP contribution in [0.2, 0.25) is 0 Å². The molecule has 1 aliphatic rings. The lowest BCUT2D eigenvalue weighted by Gasteiger charge is -2.23. The van der Waals surface area contributed by atoms with E-state index in [-0.39, 0.29) is 12.1 Å². The van der Waals surface area contributed by atoms with Crippen LogP contribution in [0.1, 0.15) is 70.0 Å². The number of esters is 1. The van der Waals surface area contributed by atoms with Gasteiger partial charge in [-0.15, -0.1) is 0 Å². The highest BCUT2D eigenvalue weighted by Crippen LogP contribution is 2.38. The minimum atomic E-state index is -0.617. The van der Waals surface area contributed by atoms with E-state index in [9.17, 15) is 4.79 Å². The zero-order valence-corrected chi connectivity index (χ0v) is 29.8. The third-order valence-electron chi connectivity index (χ3n) is 9.35. The van der Waals surface area contributed by atoms with Crippen LogP contribution < -0.4 is 4.74 Å². The Labute approximate surface area is 302 Å². The Hall–Kier alpha value is -4.97. The van der Waals surface area contributed by atoms with Crippen molar-refractivity contribution in [1.82, 2.24) is 0 Å². The summed E-state index contributed by atoms with van der Waals surface area (Å²) in [5.74, 6) is 0.418. The van der Waals surface area contributed by atoms with Gasteiger partial charge in [0.2, 0.25) is 0 Å². The molecule has 51 heavy (non-hydrogen) atoms. The lowest BCUT2D eigenvalue weighted by molar-refractivity contribution is -0.156. The van der Waals surface area contributed by atoms with Crippen molar-refractivity contribution in [2.45, 2.75) is 58.2 Å². The predicted octanol–water partition coefficient (Wildman–Crippen LogP) is 9.44. The molecule has 0 spiro atoms. The number of carbonyl (C=O) groups is 1. The molecule has 0 fully saturated rings. The van der Waals surface area contributed by atoms with E-state index in [0.717, 1.165) is 37.0 Å². The summed E-state index contributed by atoms with van der Waals surface area (Å²) in [7, 11) is 0. The molecule has 0 saturated heterocycles. The van der Waals surface area contributed by atoms with E-state index in [2.05, 4.69) is 109 Å². The summed E-state index contributed by atoms with van der Waals surface area (Å²) in [5, 5.41) is 0. The maximum atomic E-state index is 12.3. The molecule has 0 saturated carbocycles. The average Bonchev–Trinajstić information content (AvgIpc) is 3.33. The molecule has 262 valence electrons. The van der Waals surface area contributed by atoms with Gasteiger partial charge in [0.05, 0.1) is 13.2 Å². The molecule has 5 heteroatoms. The molecule has 0 heterocycles. The normalized spacial score (nSPS) is 13.9. The summed E-state index contributed by atoms with van der Waals surface area (Å²) in [6.45, 7) is 5.28. The fourth-order valence-corrected chi connectivity index (χ4v) is 6.73. The van der Waals surface area contributed by atoms with Gasteiger partial charge >= 0.3 is 5.97 Å². The molecule has 1 aliphatic carbocycles. The first-order valence-electron chi connectivity index (χ1n) is 18.2. The molecule has 0 aliphatic heterocycles. The number of hydrogen-bond acceptors (Lipinski definition) is 5. The number of carbonyl (C=O) groups excluding carboxylic acids is 1. The standard InChI is InChI=1S/C46H48O5/c1-3-48-44(46(47)49-4-2)33-37-21-26-40(27-22-37)50-30-31-51-45-42-28-23-36(19-18-34-12-7-5-8-13-34)32-39(42)25-29-41-38(16-11-17-43(41)45)24-20-35-14-9-6-10-15-35/h5-17,21-23,25-29,32,44-45H,3-4,18-20,24,30-31,33H2,1-2H3. The van der Waals surface area contributed by atoms with Crippen LogP contribution in [0.3, 0.4) is 0 Å². The van der Waals surface area contributed by atoms with Gasteiger partial charge in [-0.2, -0.15) is 0 Å². The van der Waals surface area contributed by atoms with Gasteiger partial charge in [0, 0.05) is 13.0 Å². The maximum Gasteiger partial charge on any atom is 0.335 e. The van der Waals surface area contributed by atoms with E-state index in [1.165, 1.54) is 44.5 Å². The van der Waals surface area contributed by atoms with E-state index in [4.69, 9.17) is 18.9 Å². The number of benzene rings is 5. The smallest absolute Gasteiger partial charge is 0.335 e. The van der Waals surface area contributed by atoms with E-state index in [1.54, 1.807) is 6.92 Å². The van der Waals surface area contributed by atoms with Gasteiger partial charge < -0.3 is 18.9 Å². The third kappa shape index (κ3) is 9.84. The maximum absolute atomic E-state index is 12.3. The van der Waals surface area contributed by atoms with E-state index < -0.39 is 6.10 Å². The predicted molar refractivity (Wildman–Crippen MR) is 205 cm³/mol. The quantitative estimate of drug-likeness (QED) is 0.0724. The zero-order chi connectivity index (χ0) is 35.3. The molecule has 0 radical (unpaired) electrons. The molecular weight excluding hydrogens is 633 g/mol. The van der Waals surface area contributed by atoms with Crippen LogP contribution >= 0.6 is 0 Å². The Bertz CT molecular complexity index is 1860. The monoisotopic (exact) mass is 680 g/mol. The minimum absolute atomic E-state index is 0.228. The number of fused-ring (bicyclic) bond motifs is 2. The second kappa shape index (κ2) is 18.3. The van der Waals surface area contributed by atoms with E-state index in [1.807, 2.05) is 31.2 Å². The van der Waals surface area contributed by atoms with Gasteiger partial charge in [-0.1, -0.05) is 121 Å². The van der Waals surface area contributed by atoms with E-state index in [0.29, 0.717) is 32.8 Å². The molecule has 6 rings (SSSR count). The highest BCUT2D eigenvalue weighted by molar-refractivity contribution is 5.78. The number of aryl methyl sites for hydroxylation is 4. The number of hydrogen-bond donors (Lipinski definition) is 0. The topological polar surface area (TPSA) is 54.0 Å². The zero-order valence-electron chi connectivity index (χ0n) is 29.8. The van der Waals surface area contributed by atoms with Crippen molar-refractivity contribution in [1.29, 1.82) is 0 Å². The first-order valence-corrected chi connectivity index (χ1v) is 18.2. The molecule has 0 bridgehead atoms. The molecule has 5 aromatic rings. The lowest BCUT2D eigenvalue weighted by Crippen LogP contribution is -2.28. The van der Waals surface area contributed by atoms with Crippen molar-refractivity contribution in [3.05, 3.63) is 171 Å². The highest BCUT2D eigenvalue weighted by Gasteiger charge is 2.24. The van der Waals surface area contributed by atoms with Gasteiger partial charge in [-0.05, 0) is 102 Å². The van der Waals surface area contributed by atoms with Crippen molar-refractivity contribution >= 4 is 18.1 Å². The molecule has 5 aromatic carbocycles. The second-order valence-corrected chi connectivity index (χ2v) is 12.8. The summed E-state index contributed by atoms with van der Waals surface area (Å²) >= 11 is 0. The molecule has 0 N–H and O–H groups in total. The van der Waals surface area contributed by atoms with E-state index >= 15 is 0 Å². The first kappa shape index (κ1) is 35.8. The summed E-state index contributed by atoms with van der Waals surface area (Å²) < 4.78 is 23.7. The van der Waals surface area contributed by atoms with Crippen LogP contribution in [0, 0.1) is 0 Å². The number of rotatable bonds is 17. The van der Waals surface area contributed by atoms with Crippen LogP contribution in [-0.2, 0) is 51.1 Å². The van der Waals surface area contributed by atoms with Gasteiger partial charge in [0.25, 0.3) is 0 Å². The molecule has 0 amide bonds. The van der Waals surface area contributed by atoms with Crippen molar-refractivity contribution in [2.75, 3.05) is 26.4 Å². The van der Waals surface area contributed by atoms with Crippen molar-refractivity contribution < 1.29 is 23.7 Å². The highest BCUT2D eigenvalue weighted by atomic mass is 16.6. The number of ether oxygens (including phenoxy) is 4. The largest absolute Gasteiger partial charge is 0.491 e. The molecule has 0 aromatic heterocycles.